The molecule has 0 N–H and O–H groups in total. The maximum absolute atomic E-state index is 13.1. The Morgan fingerprint density at radius 1 is 0.447 bits per heavy atom. The van der Waals surface area contributed by atoms with E-state index >= 15 is 0 Å². The molecule has 0 fully saturated rings. The SMILES string of the molecule is CCCCCCCCCCCCCCCCCCSc1cc(CCCCCC)c([O])c(CCCCCC)c1. The van der Waals surface area contributed by atoms with Crippen LogP contribution in [0.2, 0.25) is 0 Å². The standard InChI is InChI=1S/C36H65OS/c1-4-7-10-13-14-15-16-17-18-19-20-21-22-23-24-27-30-38-35-31-33(28-25-11-8-5-2)36(37)34(32-35)29-26-12-9-6-3/h31-32H,4-30H2,1-3H3. The van der Waals surface area contributed by atoms with Crippen molar-refractivity contribution in [2.75, 3.05) is 5.75 Å². The van der Waals surface area contributed by atoms with Crippen LogP contribution in [-0.2, 0) is 17.9 Å². The molecule has 1 aromatic rings. The van der Waals surface area contributed by atoms with Gasteiger partial charge in [0.1, 0.15) is 0 Å². The van der Waals surface area contributed by atoms with E-state index in [0.29, 0.717) is 5.75 Å². The Labute approximate surface area is 243 Å². The lowest BCUT2D eigenvalue weighted by molar-refractivity contribution is 0.343. The first-order valence-electron chi connectivity index (χ1n) is 17.2. The Hall–Kier alpha value is -0.630. The first kappa shape index (κ1) is 35.4. The fourth-order valence-corrected chi connectivity index (χ4v) is 6.54. The molecule has 1 rings (SSSR count). The highest BCUT2D eigenvalue weighted by Gasteiger charge is 2.12. The second kappa shape index (κ2) is 26.6. The van der Waals surface area contributed by atoms with Crippen molar-refractivity contribution in [2.24, 2.45) is 0 Å². The highest BCUT2D eigenvalue weighted by molar-refractivity contribution is 7.99. The van der Waals surface area contributed by atoms with E-state index in [0.717, 1.165) is 36.8 Å². The van der Waals surface area contributed by atoms with Crippen molar-refractivity contribution < 1.29 is 5.11 Å². The van der Waals surface area contributed by atoms with Crippen molar-refractivity contribution in [3.05, 3.63) is 23.3 Å². The van der Waals surface area contributed by atoms with E-state index in [1.165, 1.54) is 152 Å². The van der Waals surface area contributed by atoms with Gasteiger partial charge in [0.2, 0.25) is 0 Å². The van der Waals surface area contributed by atoms with Gasteiger partial charge >= 0.3 is 0 Å². The molecule has 0 aliphatic carbocycles. The van der Waals surface area contributed by atoms with Gasteiger partial charge in [0.15, 0.2) is 5.75 Å². The molecule has 0 atom stereocenters. The number of rotatable bonds is 28. The van der Waals surface area contributed by atoms with E-state index in [1.807, 2.05) is 11.8 Å². The molecule has 0 aromatic heterocycles. The third-order valence-corrected chi connectivity index (χ3v) is 9.14. The normalized spacial score (nSPS) is 11.4. The minimum atomic E-state index is 0.352. The fourth-order valence-electron chi connectivity index (χ4n) is 5.50. The van der Waals surface area contributed by atoms with Crippen molar-refractivity contribution in [3.8, 4) is 5.75 Å². The summed E-state index contributed by atoms with van der Waals surface area (Å²) in [6.07, 6.45) is 34.6. The highest BCUT2D eigenvalue weighted by atomic mass is 32.2. The monoisotopic (exact) mass is 545 g/mol. The van der Waals surface area contributed by atoms with Gasteiger partial charge in [-0.1, -0.05) is 156 Å². The molecular formula is C36H65OS. The Kier molecular flexibility index (Phi) is 24.8. The van der Waals surface area contributed by atoms with Gasteiger partial charge in [0.05, 0.1) is 0 Å². The number of unbranched alkanes of at least 4 members (excludes halogenated alkanes) is 21. The van der Waals surface area contributed by atoms with Crippen LogP contribution >= 0.6 is 11.8 Å². The van der Waals surface area contributed by atoms with Gasteiger partial charge in [-0.2, -0.15) is 0 Å². The topological polar surface area (TPSA) is 19.9 Å². The molecule has 0 aliphatic rings. The molecule has 1 nitrogen and oxygen atoms in total. The van der Waals surface area contributed by atoms with E-state index in [4.69, 9.17) is 0 Å². The molecule has 0 saturated carbocycles. The maximum atomic E-state index is 13.1. The summed E-state index contributed by atoms with van der Waals surface area (Å²) in [4.78, 5) is 1.35. The summed E-state index contributed by atoms with van der Waals surface area (Å²) in [7, 11) is 0. The molecule has 221 valence electrons. The molecule has 0 bridgehead atoms. The summed E-state index contributed by atoms with van der Waals surface area (Å²) in [5, 5.41) is 13.1. The number of thioether (sulfide) groups is 1. The van der Waals surface area contributed by atoms with Gasteiger partial charge in [-0.15, -0.1) is 11.8 Å². The van der Waals surface area contributed by atoms with E-state index < -0.39 is 0 Å². The Bertz CT molecular complexity index is 607. The largest absolute Gasteiger partial charge is 0.289 e. The van der Waals surface area contributed by atoms with Crippen LogP contribution in [0.15, 0.2) is 17.0 Å². The first-order valence-corrected chi connectivity index (χ1v) is 18.2. The molecule has 0 aliphatic heterocycles. The summed E-state index contributed by atoms with van der Waals surface area (Å²) in [6, 6.07) is 4.47. The molecule has 0 heterocycles. The zero-order valence-corrected chi connectivity index (χ0v) is 26.9. The van der Waals surface area contributed by atoms with Gasteiger partial charge in [0, 0.05) is 16.0 Å². The number of hydrogen-bond donors (Lipinski definition) is 0. The van der Waals surface area contributed by atoms with Gasteiger partial charge in [-0.25, -0.2) is 0 Å². The minimum Gasteiger partial charge on any atom is -0.289 e. The first-order chi connectivity index (χ1) is 18.7. The molecular weight excluding hydrogens is 480 g/mol. The van der Waals surface area contributed by atoms with Crippen LogP contribution in [-0.4, -0.2) is 5.75 Å². The van der Waals surface area contributed by atoms with Crippen LogP contribution < -0.4 is 0 Å². The van der Waals surface area contributed by atoms with Gasteiger partial charge in [-0.3, -0.25) is 5.11 Å². The van der Waals surface area contributed by atoms with Crippen molar-refractivity contribution in [3.63, 3.8) is 0 Å². The lowest BCUT2D eigenvalue weighted by Crippen LogP contribution is -1.95. The lowest BCUT2D eigenvalue weighted by atomic mass is 9.99. The van der Waals surface area contributed by atoms with Gasteiger partial charge in [0.25, 0.3) is 0 Å². The van der Waals surface area contributed by atoms with Crippen LogP contribution in [0.5, 0.6) is 5.75 Å². The lowest BCUT2D eigenvalue weighted by Gasteiger charge is -2.12. The number of aryl methyl sites for hydroxylation is 2. The van der Waals surface area contributed by atoms with Gasteiger partial charge < -0.3 is 0 Å². The summed E-state index contributed by atoms with van der Waals surface area (Å²) >= 11 is 1.99. The fraction of sp³-hybridized carbons (Fsp3) is 0.833. The Morgan fingerprint density at radius 2 is 0.763 bits per heavy atom. The third-order valence-electron chi connectivity index (χ3n) is 8.08. The zero-order valence-electron chi connectivity index (χ0n) is 26.1. The summed E-state index contributed by atoms with van der Waals surface area (Å²) in [5.41, 5.74) is 2.17. The van der Waals surface area contributed by atoms with E-state index in [1.54, 1.807) is 0 Å². The molecule has 1 aromatic carbocycles. The van der Waals surface area contributed by atoms with E-state index in [9.17, 15) is 5.11 Å². The van der Waals surface area contributed by atoms with Crippen LogP contribution in [0, 0.1) is 0 Å². The van der Waals surface area contributed by atoms with Crippen molar-refractivity contribution in [2.45, 2.75) is 193 Å². The second-order valence-electron chi connectivity index (χ2n) is 11.8. The minimum absolute atomic E-state index is 0.352. The molecule has 0 amide bonds. The van der Waals surface area contributed by atoms with Crippen molar-refractivity contribution >= 4 is 11.8 Å². The van der Waals surface area contributed by atoms with Crippen molar-refractivity contribution in [1.82, 2.24) is 0 Å². The Morgan fingerprint density at radius 3 is 1.13 bits per heavy atom. The van der Waals surface area contributed by atoms with Crippen molar-refractivity contribution in [1.29, 1.82) is 0 Å². The summed E-state index contributed by atoms with van der Waals surface area (Å²) in [5.74, 6) is 1.55. The molecule has 2 heteroatoms. The predicted molar refractivity (Wildman–Crippen MR) is 173 cm³/mol. The quantitative estimate of drug-likeness (QED) is 0.0757. The van der Waals surface area contributed by atoms with E-state index in [-0.39, 0.29) is 0 Å². The molecule has 0 spiro atoms. The molecule has 1 radical (unpaired) electrons. The second-order valence-corrected chi connectivity index (χ2v) is 13.0. The van der Waals surface area contributed by atoms with Crippen LogP contribution in [0.3, 0.4) is 0 Å². The maximum Gasteiger partial charge on any atom is 0.185 e. The third kappa shape index (κ3) is 19.4. The molecule has 0 unspecified atom stereocenters. The van der Waals surface area contributed by atoms with Crippen LogP contribution in [0.4, 0.5) is 0 Å². The highest BCUT2D eigenvalue weighted by Crippen LogP contribution is 2.33. The molecule has 38 heavy (non-hydrogen) atoms. The van der Waals surface area contributed by atoms with Crippen LogP contribution in [0.1, 0.15) is 186 Å². The van der Waals surface area contributed by atoms with Gasteiger partial charge in [-0.05, 0) is 50.0 Å². The average Bonchev–Trinajstić information content (AvgIpc) is 2.92. The average molecular weight is 546 g/mol. The zero-order chi connectivity index (χ0) is 27.5. The molecule has 0 saturated heterocycles. The number of hydrogen-bond acceptors (Lipinski definition) is 1. The van der Waals surface area contributed by atoms with E-state index in [2.05, 4.69) is 32.9 Å². The summed E-state index contributed by atoms with van der Waals surface area (Å²) < 4.78 is 0. The smallest absolute Gasteiger partial charge is 0.185 e. The van der Waals surface area contributed by atoms with Crippen LogP contribution in [0.25, 0.3) is 0 Å². The predicted octanol–water partition coefficient (Wildman–Crippen LogP) is 13.4. The Balaban J connectivity index is 2.18. The summed E-state index contributed by atoms with van der Waals surface area (Å²) in [6.45, 7) is 6.80. The number of benzene rings is 1.